The number of halogens is 1. The zero-order valence-corrected chi connectivity index (χ0v) is 67.7. The van der Waals surface area contributed by atoms with E-state index in [2.05, 4.69) is 85.2 Å². The summed E-state index contributed by atoms with van der Waals surface area (Å²) in [6.45, 7) is 22.7. The second-order valence-corrected chi connectivity index (χ2v) is 30.0. The number of epoxide rings is 2. The van der Waals surface area contributed by atoms with Crippen LogP contribution in [0.2, 0.25) is 0 Å². The van der Waals surface area contributed by atoms with E-state index in [0.717, 1.165) is 144 Å². The Bertz CT molecular complexity index is 4160. The van der Waals surface area contributed by atoms with Crippen LogP contribution in [0.5, 0.6) is 46.0 Å². The van der Waals surface area contributed by atoms with Crippen molar-refractivity contribution < 1.29 is 86.2 Å². The molecule has 14 rings (SSSR count). The van der Waals surface area contributed by atoms with Gasteiger partial charge in [-0.25, -0.2) is 19.2 Å². The first-order valence-electron chi connectivity index (χ1n) is 40.3. The lowest BCUT2D eigenvalue weighted by molar-refractivity contribution is 0.0186. The van der Waals surface area contributed by atoms with Gasteiger partial charge in [0.15, 0.2) is 0 Å². The number of carbonyl (C=O) groups is 4. The highest BCUT2D eigenvalue weighted by Gasteiger charge is 2.31. The Morgan fingerprint density at radius 3 is 0.698 bits per heavy atom. The van der Waals surface area contributed by atoms with Crippen molar-refractivity contribution in [3.63, 3.8) is 0 Å². The molecule has 116 heavy (non-hydrogen) atoms. The molecule has 0 radical (unpaired) electrons. The number of alkyl halides is 1. The van der Waals surface area contributed by atoms with Crippen molar-refractivity contribution in [1.82, 2.24) is 0 Å². The monoisotopic (exact) mass is 1640 g/mol. The van der Waals surface area contributed by atoms with E-state index in [1.54, 1.807) is 127 Å². The van der Waals surface area contributed by atoms with Gasteiger partial charge in [-0.05, 0) is 294 Å². The molecule has 2 saturated heterocycles. The van der Waals surface area contributed by atoms with E-state index in [-0.39, 0.29) is 72.0 Å². The molecule has 0 amide bonds. The summed E-state index contributed by atoms with van der Waals surface area (Å²) in [5, 5.41) is 19.5. The number of aromatic hydroxyl groups is 2. The Morgan fingerprint density at radius 2 is 0.491 bits per heavy atom. The molecule has 2 unspecified atom stereocenters. The van der Waals surface area contributed by atoms with Crippen LogP contribution >= 0.6 is 15.9 Å². The maximum atomic E-state index is 12.5. The Balaban J connectivity index is 0.000000161. The van der Waals surface area contributed by atoms with Gasteiger partial charge in [-0.1, -0.05) is 121 Å². The lowest BCUT2D eigenvalue weighted by Crippen LogP contribution is -2.24. The molecular weight excluding hydrogens is 1530 g/mol. The van der Waals surface area contributed by atoms with Gasteiger partial charge in [0.2, 0.25) is 0 Å². The predicted molar refractivity (Wildman–Crippen MR) is 454 cm³/mol. The minimum absolute atomic E-state index is 0.0205. The molecule has 2 N–H and O–H groups in total. The number of phenols is 2. The predicted octanol–water partition coefficient (Wildman–Crippen LogP) is 21.1. The zero-order chi connectivity index (χ0) is 81.6. The minimum atomic E-state index is -0.335. The van der Waals surface area contributed by atoms with Gasteiger partial charge in [-0.15, -0.1) is 6.58 Å². The molecule has 0 bridgehead atoms. The van der Waals surface area contributed by atoms with Crippen LogP contribution in [0.3, 0.4) is 0 Å². The molecule has 2 heterocycles. The number of phenolic OH excluding ortho intramolecular Hbond substituents is 2. The lowest BCUT2D eigenvalue weighted by Gasteiger charge is -2.28. The average molecular weight is 1640 g/mol. The topological polar surface area (TPSA) is 226 Å². The first kappa shape index (κ1) is 87.5. The van der Waals surface area contributed by atoms with Crippen LogP contribution in [0, 0.1) is 0 Å². The number of esters is 4. The summed E-state index contributed by atoms with van der Waals surface area (Å²) in [7, 11) is 0. The van der Waals surface area contributed by atoms with Gasteiger partial charge in [0.25, 0.3) is 0 Å². The quantitative estimate of drug-likeness (QED) is 0.0135. The molecule has 0 aromatic heterocycles. The summed E-state index contributed by atoms with van der Waals surface area (Å²) < 4.78 is 66.3. The smallest absolute Gasteiger partial charge is 0.338 e. The van der Waals surface area contributed by atoms with E-state index in [1.807, 2.05) is 48.5 Å². The Hall–Kier alpha value is -10.9. The van der Waals surface area contributed by atoms with E-state index < -0.39 is 0 Å². The lowest BCUT2D eigenvalue weighted by atomic mass is 9.83. The summed E-state index contributed by atoms with van der Waals surface area (Å²) in [5.74, 6) is 6.01. The van der Waals surface area contributed by atoms with Gasteiger partial charge >= 0.3 is 23.9 Å². The highest BCUT2D eigenvalue weighted by molar-refractivity contribution is 9.09. The van der Waals surface area contributed by atoms with Crippen molar-refractivity contribution in [2.24, 2.45) is 0 Å². The fourth-order valence-corrected chi connectivity index (χ4v) is 14.2. The SMILES string of the molecule is C=CCBr.C=CCOc1ccc(C(=O)OC2CCC(c3ccc(OCC=C)cc3)CC2)cc1.C=CCOc1ccc(C(=O)OC2CCC(c3ccc(OCC=C)cc3)CC2)cc1.O=C(OC1CCC(c2ccc(O)cc2)CC1)c1ccc(O)cc1.O=C(OC1CCC(c2ccc(OCC3CO3)cc2)CC1)c1ccc(OCC2CO2)cc1. The van der Waals surface area contributed by atoms with Crippen molar-refractivity contribution in [3.8, 4) is 46.0 Å². The largest absolute Gasteiger partial charge is 0.508 e. The Labute approximate surface area is 691 Å². The number of allylic oxidation sites excluding steroid dienone is 1. The van der Waals surface area contributed by atoms with Gasteiger partial charge in [0, 0.05) is 5.33 Å². The Morgan fingerprint density at radius 1 is 0.302 bits per heavy atom. The Kier molecular flexibility index (Phi) is 35.6. The summed E-state index contributed by atoms with van der Waals surface area (Å²) in [5.41, 5.74) is 7.30. The van der Waals surface area contributed by atoms with Gasteiger partial charge in [0.1, 0.15) is 122 Å². The number of ether oxygens (including phenoxy) is 12. The normalized spacial score (nSPS) is 20.7. The number of rotatable bonds is 31. The number of hydrogen-bond acceptors (Lipinski definition) is 18. The molecule has 8 aromatic rings. The van der Waals surface area contributed by atoms with Gasteiger partial charge in [-0.3, -0.25) is 0 Å². The molecule has 612 valence electrons. The summed E-state index contributed by atoms with van der Waals surface area (Å²) >= 11 is 3.13. The molecule has 6 aliphatic rings. The molecule has 0 spiro atoms. The zero-order valence-electron chi connectivity index (χ0n) is 66.2. The molecular formula is C97H109BrO18. The summed E-state index contributed by atoms with van der Waals surface area (Å²) in [6.07, 6.45) is 24.0. The standard InChI is InChI=1S/C25H28O6.2C25H28O4.C19H20O4.C3H5Br/c26-25(19-5-9-21(10-6-19)28-14-24-16-30-24)31-22-11-3-18(4-12-22)17-1-7-20(8-2-17)27-13-23-15-29-23;2*1-3-17-27-22-11-5-19(6-12-22)20-7-15-24(16-8-20)29-25(26)21-9-13-23(14-10-21)28-18-4-2;20-16-7-1-13(2-8-16)14-5-11-18(12-6-14)23-19(22)15-3-9-17(21)10-4-15;1-2-3-4/h1-2,5-10,18,22-24H,3-4,11-16H2;2*3-6,9-14,20,24H,1-2,7-8,15-18H2;1-4,7-10,14,18,20-21H,5-6,11-12H2;2H,1,3H2. The average Bonchev–Trinajstić information content (AvgIpc) is 1.10. The van der Waals surface area contributed by atoms with E-state index in [4.69, 9.17) is 56.8 Å². The van der Waals surface area contributed by atoms with Crippen molar-refractivity contribution in [2.75, 3.05) is 58.2 Å². The van der Waals surface area contributed by atoms with Crippen molar-refractivity contribution in [3.05, 3.63) is 302 Å². The number of hydrogen-bond donors (Lipinski definition) is 2. The minimum Gasteiger partial charge on any atom is -0.508 e. The third-order valence-corrected chi connectivity index (χ3v) is 21.3. The third kappa shape index (κ3) is 29.8. The second-order valence-electron chi connectivity index (χ2n) is 29.3. The molecule has 4 saturated carbocycles. The van der Waals surface area contributed by atoms with Gasteiger partial charge in [0.05, 0.1) is 35.5 Å². The molecule has 2 atom stereocenters. The van der Waals surface area contributed by atoms with Crippen LogP contribution in [0.15, 0.2) is 257 Å². The molecule has 4 aliphatic carbocycles. The third-order valence-electron chi connectivity index (χ3n) is 20.8. The maximum absolute atomic E-state index is 12.5. The number of benzene rings is 8. The first-order valence-corrected chi connectivity index (χ1v) is 41.4. The van der Waals surface area contributed by atoms with E-state index in [9.17, 15) is 29.4 Å². The highest BCUT2D eigenvalue weighted by Crippen LogP contribution is 2.40. The maximum Gasteiger partial charge on any atom is 0.338 e. The van der Waals surface area contributed by atoms with E-state index in [0.29, 0.717) is 97.1 Å². The van der Waals surface area contributed by atoms with Crippen molar-refractivity contribution in [2.45, 2.75) is 163 Å². The molecule has 19 heteroatoms. The van der Waals surface area contributed by atoms with E-state index >= 15 is 0 Å². The molecule has 6 fully saturated rings. The summed E-state index contributed by atoms with van der Waals surface area (Å²) in [6, 6.07) is 59.6. The van der Waals surface area contributed by atoms with Gasteiger partial charge < -0.3 is 67.1 Å². The molecule has 18 nitrogen and oxygen atoms in total. The highest BCUT2D eigenvalue weighted by atomic mass is 79.9. The van der Waals surface area contributed by atoms with E-state index in [1.165, 1.54) is 34.4 Å². The second kappa shape index (κ2) is 47.2. The molecule has 8 aromatic carbocycles. The molecule has 2 aliphatic heterocycles. The van der Waals surface area contributed by atoms with Crippen LogP contribution in [0.4, 0.5) is 0 Å². The van der Waals surface area contributed by atoms with Crippen molar-refractivity contribution in [1.29, 1.82) is 0 Å². The van der Waals surface area contributed by atoms with Crippen molar-refractivity contribution >= 4 is 39.8 Å². The fourth-order valence-electron chi connectivity index (χ4n) is 14.2. The summed E-state index contributed by atoms with van der Waals surface area (Å²) in [4.78, 5) is 49.4. The van der Waals surface area contributed by atoms with Crippen LogP contribution in [-0.2, 0) is 28.4 Å². The van der Waals surface area contributed by atoms with Crippen LogP contribution in [0.25, 0.3) is 0 Å². The van der Waals surface area contributed by atoms with Crippen LogP contribution < -0.4 is 28.4 Å². The van der Waals surface area contributed by atoms with Gasteiger partial charge in [-0.2, -0.15) is 0 Å². The number of carbonyl (C=O) groups excluding carboxylic acids is 4. The fraction of sp³-hybridized carbons (Fsp3) is 0.361. The van der Waals surface area contributed by atoms with Crippen LogP contribution in [0.1, 0.15) is 190 Å². The van der Waals surface area contributed by atoms with Crippen LogP contribution in [-0.4, -0.2) is 129 Å². The first-order chi connectivity index (χ1) is 56.6.